The molecule has 1 aromatic heterocycles. The third-order valence-electron chi connectivity index (χ3n) is 2.80. The minimum atomic E-state index is 0.635. The molecule has 2 heterocycles. The van der Waals surface area contributed by atoms with Gasteiger partial charge in [-0.1, -0.05) is 13.8 Å². The first-order valence-corrected chi connectivity index (χ1v) is 6.08. The monoisotopic (exact) mass is 223 g/mol. The summed E-state index contributed by atoms with van der Waals surface area (Å²) in [6.45, 7) is 8.18. The number of ether oxygens (including phenoxy) is 1. The van der Waals surface area contributed by atoms with Gasteiger partial charge in [-0.2, -0.15) is 5.10 Å². The molecule has 0 aromatic carbocycles. The van der Waals surface area contributed by atoms with Crippen LogP contribution >= 0.6 is 0 Å². The molecule has 1 N–H and O–H groups in total. The molecule has 1 saturated heterocycles. The fraction of sp³-hybridized carbons (Fsp3) is 0.750. The normalized spacial score (nSPS) is 20.6. The highest BCUT2D eigenvalue weighted by atomic mass is 16.5. The molecule has 0 amide bonds. The van der Waals surface area contributed by atoms with Crippen molar-refractivity contribution in [2.24, 2.45) is 11.8 Å². The number of anilines is 1. The molecule has 1 atom stereocenters. The van der Waals surface area contributed by atoms with Crippen LogP contribution < -0.4 is 5.32 Å². The van der Waals surface area contributed by atoms with E-state index in [0.29, 0.717) is 11.8 Å². The predicted molar refractivity (Wildman–Crippen MR) is 64.5 cm³/mol. The molecule has 0 aliphatic carbocycles. The lowest BCUT2D eigenvalue weighted by Gasteiger charge is -2.08. The van der Waals surface area contributed by atoms with E-state index in [-0.39, 0.29) is 0 Å². The topological polar surface area (TPSA) is 39.1 Å². The minimum Gasteiger partial charge on any atom is -0.382 e. The van der Waals surface area contributed by atoms with E-state index in [1.807, 2.05) is 10.9 Å². The molecule has 0 radical (unpaired) electrons. The van der Waals surface area contributed by atoms with Crippen molar-refractivity contribution >= 4 is 5.69 Å². The van der Waals surface area contributed by atoms with Gasteiger partial charge in [0.1, 0.15) is 0 Å². The zero-order valence-corrected chi connectivity index (χ0v) is 10.1. The Labute approximate surface area is 97.0 Å². The summed E-state index contributed by atoms with van der Waals surface area (Å²) in [6, 6.07) is 0. The number of nitrogens with zero attached hydrogens (tertiary/aromatic N) is 2. The molecule has 1 aromatic rings. The summed E-state index contributed by atoms with van der Waals surface area (Å²) in [5.74, 6) is 1.30. The molecule has 90 valence electrons. The van der Waals surface area contributed by atoms with E-state index in [4.69, 9.17) is 4.74 Å². The van der Waals surface area contributed by atoms with Crippen molar-refractivity contribution in [2.75, 3.05) is 25.1 Å². The van der Waals surface area contributed by atoms with E-state index in [1.54, 1.807) is 0 Å². The lowest BCUT2D eigenvalue weighted by Crippen LogP contribution is -2.13. The Bertz CT molecular complexity index is 316. The van der Waals surface area contributed by atoms with Gasteiger partial charge in [-0.25, -0.2) is 0 Å². The molecule has 4 nitrogen and oxygen atoms in total. The first-order chi connectivity index (χ1) is 7.74. The van der Waals surface area contributed by atoms with Gasteiger partial charge in [0.15, 0.2) is 0 Å². The summed E-state index contributed by atoms with van der Waals surface area (Å²) in [6.07, 6.45) is 5.15. The number of nitrogens with one attached hydrogen (secondary N) is 1. The molecular weight excluding hydrogens is 202 g/mol. The van der Waals surface area contributed by atoms with E-state index < -0.39 is 0 Å². The summed E-state index contributed by atoms with van der Waals surface area (Å²) < 4.78 is 7.34. The standard InChI is InChI=1S/C12H21N3O/c1-10(2)7-15-8-12(6-14-15)13-5-11-3-4-16-9-11/h6,8,10-11,13H,3-5,7,9H2,1-2H3. The van der Waals surface area contributed by atoms with Crippen LogP contribution in [0.5, 0.6) is 0 Å². The summed E-state index contributed by atoms with van der Waals surface area (Å²) in [5, 5.41) is 7.74. The zero-order valence-electron chi connectivity index (χ0n) is 10.1. The fourth-order valence-corrected chi connectivity index (χ4v) is 1.94. The van der Waals surface area contributed by atoms with E-state index in [1.165, 1.54) is 6.42 Å². The first kappa shape index (κ1) is 11.5. The highest BCUT2D eigenvalue weighted by Gasteiger charge is 2.15. The molecule has 1 fully saturated rings. The van der Waals surface area contributed by atoms with Crippen LogP contribution in [0.2, 0.25) is 0 Å². The molecule has 1 aliphatic heterocycles. The Hall–Kier alpha value is -1.03. The molecule has 0 spiro atoms. The highest BCUT2D eigenvalue weighted by molar-refractivity contribution is 5.38. The summed E-state index contributed by atoms with van der Waals surface area (Å²) in [5.41, 5.74) is 1.12. The van der Waals surface area contributed by atoms with E-state index in [0.717, 1.165) is 32.0 Å². The number of rotatable bonds is 5. The van der Waals surface area contributed by atoms with Gasteiger partial charge in [0.05, 0.1) is 18.5 Å². The molecule has 0 saturated carbocycles. The van der Waals surface area contributed by atoms with Crippen molar-refractivity contribution in [1.29, 1.82) is 0 Å². The Morgan fingerprint density at radius 1 is 1.62 bits per heavy atom. The van der Waals surface area contributed by atoms with E-state index in [2.05, 4.69) is 30.5 Å². The highest BCUT2D eigenvalue weighted by Crippen LogP contribution is 2.14. The van der Waals surface area contributed by atoms with Crippen molar-refractivity contribution in [1.82, 2.24) is 9.78 Å². The third-order valence-corrected chi connectivity index (χ3v) is 2.80. The predicted octanol–water partition coefficient (Wildman–Crippen LogP) is 1.99. The second-order valence-corrected chi connectivity index (χ2v) is 4.96. The Kier molecular flexibility index (Phi) is 3.83. The minimum absolute atomic E-state index is 0.635. The Morgan fingerprint density at radius 2 is 2.50 bits per heavy atom. The largest absolute Gasteiger partial charge is 0.382 e. The van der Waals surface area contributed by atoms with Crippen LogP contribution in [0.4, 0.5) is 5.69 Å². The number of aromatic nitrogens is 2. The van der Waals surface area contributed by atoms with Crippen LogP contribution in [-0.2, 0) is 11.3 Å². The maximum Gasteiger partial charge on any atom is 0.0726 e. The third kappa shape index (κ3) is 3.23. The second kappa shape index (κ2) is 5.34. The first-order valence-electron chi connectivity index (χ1n) is 6.08. The van der Waals surface area contributed by atoms with Crippen LogP contribution in [0.3, 0.4) is 0 Å². The smallest absolute Gasteiger partial charge is 0.0726 e. The van der Waals surface area contributed by atoms with Crippen molar-refractivity contribution < 1.29 is 4.74 Å². The average molecular weight is 223 g/mol. The number of hydrogen-bond acceptors (Lipinski definition) is 3. The van der Waals surface area contributed by atoms with Crippen molar-refractivity contribution in [3.63, 3.8) is 0 Å². The molecule has 1 aliphatic rings. The summed E-state index contributed by atoms with van der Waals surface area (Å²) in [4.78, 5) is 0. The quantitative estimate of drug-likeness (QED) is 0.829. The number of hydrogen-bond donors (Lipinski definition) is 1. The van der Waals surface area contributed by atoms with Gasteiger partial charge < -0.3 is 10.1 Å². The molecule has 1 unspecified atom stereocenters. The molecule has 0 bridgehead atoms. The van der Waals surface area contributed by atoms with Gasteiger partial charge in [0.2, 0.25) is 0 Å². The Morgan fingerprint density at radius 3 is 3.19 bits per heavy atom. The van der Waals surface area contributed by atoms with Crippen LogP contribution in [-0.4, -0.2) is 29.5 Å². The lowest BCUT2D eigenvalue weighted by molar-refractivity contribution is 0.187. The van der Waals surface area contributed by atoms with Gasteiger partial charge >= 0.3 is 0 Å². The van der Waals surface area contributed by atoms with Crippen LogP contribution in [0.15, 0.2) is 12.4 Å². The second-order valence-electron chi connectivity index (χ2n) is 4.96. The molecular formula is C12H21N3O. The van der Waals surface area contributed by atoms with E-state index >= 15 is 0 Å². The summed E-state index contributed by atoms with van der Waals surface area (Å²) in [7, 11) is 0. The summed E-state index contributed by atoms with van der Waals surface area (Å²) >= 11 is 0. The zero-order chi connectivity index (χ0) is 11.4. The maximum absolute atomic E-state index is 5.34. The Balaban J connectivity index is 1.78. The SMILES string of the molecule is CC(C)Cn1cc(NCC2CCOC2)cn1. The lowest BCUT2D eigenvalue weighted by atomic mass is 10.1. The molecule has 4 heteroatoms. The van der Waals surface area contributed by atoms with Gasteiger partial charge in [-0.15, -0.1) is 0 Å². The van der Waals surface area contributed by atoms with Gasteiger partial charge in [0, 0.05) is 31.8 Å². The maximum atomic E-state index is 5.34. The van der Waals surface area contributed by atoms with E-state index in [9.17, 15) is 0 Å². The van der Waals surface area contributed by atoms with Gasteiger partial charge in [0.25, 0.3) is 0 Å². The van der Waals surface area contributed by atoms with Crippen LogP contribution in [0.1, 0.15) is 20.3 Å². The molecule has 2 rings (SSSR count). The average Bonchev–Trinajstić information content (AvgIpc) is 2.84. The van der Waals surface area contributed by atoms with Gasteiger partial charge in [-0.05, 0) is 12.3 Å². The van der Waals surface area contributed by atoms with Crippen molar-refractivity contribution in [3.8, 4) is 0 Å². The van der Waals surface area contributed by atoms with Gasteiger partial charge in [-0.3, -0.25) is 4.68 Å². The van der Waals surface area contributed by atoms with Crippen LogP contribution in [0.25, 0.3) is 0 Å². The van der Waals surface area contributed by atoms with Crippen molar-refractivity contribution in [3.05, 3.63) is 12.4 Å². The fourth-order valence-electron chi connectivity index (χ4n) is 1.94. The van der Waals surface area contributed by atoms with Crippen molar-refractivity contribution in [2.45, 2.75) is 26.8 Å². The van der Waals surface area contributed by atoms with Crippen LogP contribution in [0, 0.1) is 11.8 Å². The molecule has 16 heavy (non-hydrogen) atoms.